The monoisotopic (exact) mass is 244 g/mol. The van der Waals surface area contributed by atoms with E-state index in [-0.39, 0.29) is 0 Å². The second-order valence-corrected chi connectivity index (χ2v) is 5.86. The van der Waals surface area contributed by atoms with E-state index >= 15 is 0 Å². The number of piperidine rings is 1. The molecule has 0 radical (unpaired) electrons. The van der Waals surface area contributed by atoms with Crippen LogP contribution in [0.25, 0.3) is 0 Å². The first-order valence-electron chi connectivity index (χ1n) is 7.36. The third-order valence-corrected chi connectivity index (χ3v) is 4.54. The first-order valence-corrected chi connectivity index (χ1v) is 7.36. The van der Waals surface area contributed by atoms with E-state index in [9.17, 15) is 0 Å². The molecule has 98 valence electrons. The van der Waals surface area contributed by atoms with E-state index in [0.717, 1.165) is 12.6 Å². The number of nitrogens with one attached hydrogen (secondary N) is 1. The van der Waals surface area contributed by atoms with Gasteiger partial charge in [-0.3, -0.25) is 4.90 Å². The van der Waals surface area contributed by atoms with Gasteiger partial charge < -0.3 is 5.32 Å². The van der Waals surface area contributed by atoms with E-state index in [1.807, 2.05) is 0 Å². The molecule has 2 heteroatoms. The van der Waals surface area contributed by atoms with Gasteiger partial charge in [0.2, 0.25) is 0 Å². The van der Waals surface area contributed by atoms with E-state index in [1.54, 1.807) is 0 Å². The number of hydrogen-bond donors (Lipinski definition) is 1. The summed E-state index contributed by atoms with van der Waals surface area (Å²) in [6.07, 6.45) is 5.55. The van der Waals surface area contributed by atoms with Crippen LogP contribution in [0.5, 0.6) is 0 Å². The van der Waals surface area contributed by atoms with Crippen LogP contribution in [0.3, 0.4) is 0 Å². The van der Waals surface area contributed by atoms with Crippen LogP contribution < -0.4 is 5.32 Å². The van der Waals surface area contributed by atoms with Gasteiger partial charge in [0, 0.05) is 25.2 Å². The van der Waals surface area contributed by atoms with Crippen LogP contribution >= 0.6 is 0 Å². The Morgan fingerprint density at radius 1 is 1.11 bits per heavy atom. The molecule has 2 aliphatic rings. The van der Waals surface area contributed by atoms with E-state index < -0.39 is 0 Å². The summed E-state index contributed by atoms with van der Waals surface area (Å²) in [7, 11) is 0. The summed E-state index contributed by atoms with van der Waals surface area (Å²) in [4.78, 5) is 2.69. The second kappa shape index (κ2) is 5.41. The minimum absolute atomic E-state index is 0.714. The van der Waals surface area contributed by atoms with Crippen LogP contribution in [0.15, 0.2) is 24.3 Å². The molecule has 2 atom stereocenters. The maximum atomic E-state index is 3.77. The highest BCUT2D eigenvalue weighted by Gasteiger charge is 2.34. The van der Waals surface area contributed by atoms with Crippen molar-refractivity contribution >= 4 is 0 Å². The quantitative estimate of drug-likeness (QED) is 0.879. The molecule has 2 aliphatic heterocycles. The smallest absolute Gasteiger partial charge is 0.0249 e. The summed E-state index contributed by atoms with van der Waals surface area (Å²) in [5, 5.41) is 3.77. The largest absolute Gasteiger partial charge is 0.308 e. The van der Waals surface area contributed by atoms with E-state index in [4.69, 9.17) is 0 Å². The van der Waals surface area contributed by atoms with Crippen molar-refractivity contribution in [2.45, 2.75) is 51.2 Å². The fourth-order valence-corrected chi connectivity index (χ4v) is 3.44. The molecule has 0 amide bonds. The number of benzene rings is 1. The minimum Gasteiger partial charge on any atom is -0.308 e. The normalized spacial score (nSPS) is 28.3. The Labute approximate surface area is 110 Å². The third kappa shape index (κ3) is 2.60. The van der Waals surface area contributed by atoms with Crippen LogP contribution in [-0.4, -0.2) is 30.1 Å². The summed E-state index contributed by atoms with van der Waals surface area (Å²) in [5.74, 6) is 0. The molecule has 2 fully saturated rings. The maximum absolute atomic E-state index is 3.77. The number of fused-ring (bicyclic) bond motifs is 1. The number of aryl methyl sites for hydroxylation is 1. The van der Waals surface area contributed by atoms with E-state index in [0.29, 0.717) is 6.04 Å². The van der Waals surface area contributed by atoms with Crippen LogP contribution in [0.4, 0.5) is 0 Å². The van der Waals surface area contributed by atoms with Gasteiger partial charge in [-0.1, -0.05) is 36.2 Å². The molecule has 1 N–H and O–H groups in total. The number of rotatable bonds is 3. The highest BCUT2D eigenvalue weighted by molar-refractivity contribution is 5.21. The molecule has 2 heterocycles. The van der Waals surface area contributed by atoms with Gasteiger partial charge in [-0.15, -0.1) is 0 Å². The second-order valence-electron chi connectivity index (χ2n) is 5.86. The van der Waals surface area contributed by atoms with Crippen molar-refractivity contribution in [3.63, 3.8) is 0 Å². The zero-order valence-corrected chi connectivity index (χ0v) is 11.4. The molecule has 2 saturated heterocycles. The Kier molecular flexibility index (Phi) is 3.67. The Morgan fingerprint density at radius 2 is 1.94 bits per heavy atom. The van der Waals surface area contributed by atoms with Crippen molar-refractivity contribution in [1.82, 2.24) is 10.2 Å². The predicted molar refractivity (Wildman–Crippen MR) is 75.6 cm³/mol. The van der Waals surface area contributed by atoms with Gasteiger partial charge in [0.25, 0.3) is 0 Å². The Balaban J connectivity index is 1.55. The summed E-state index contributed by atoms with van der Waals surface area (Å²) in [6, 6.07) is 10.4. The topological polar surface area (TPSA) is 15.3 Å². The van der Waals surface area contributed by atoms with Crippen molar-refractivity contribution < 1.29 is 0 Å². The lowest BCUT2D eigenvalue weighted by Crippen LogP contribution is -2.44. The Morgan fingerprint density at radius 3 is 2.78 bits per heavy atom. The van der Waals surface area contributed by atoms with Crippen LogP contribution in [0, 0.1) is 6.92 Å². The van der Waals surface area contributed by atoms with Crippen LogP contribution in [-0.2, 0) is 6.54 Å². The highest BCUT2D eigenvalue weighted by Crippen LogP contribution is 2.27. The van der Waals surface area contributed by atoms with Gasteiger partial charge in [-0.2, -0.15) is 0 Å². The van der Waals surface area contributed by atoms with Crippen molar-refractivity contribution in [3.05, 3.63) is 35.4 Å². The molecular weight excluding hydrogens is 220 g/mol. The molecule has 1 aromatic rings. The van der Waals surface area contributed by atoms with Gasteiger partial charge in [-0.25, -0.2) is 0 Å². The first-order chi connectivity index (χ1) is 8.83. The molecule has 0 aliphatic carbocycles. The SMILES string of the molecule is Cc1ccc(CNC2CCN3CCCCC23)cc1. The van der Waals surface area contributed by atoms with Crippen molar-refractivity contribution in [2.24, 2.45) is 0 Å². The van der Waals surface area contributed by atoms with Gasteiger partial charge in [0.15, 0.2) is 0 Å². The molecule has 18 heavy (non-hydrogen) atoms. The molecule has 0 aromatic heterocycles. The average Bonchev–Trinajstić information content (AvgIpc) is 2.82. The Hall–Kier alpha value is -0.860. The molecule has 0 spiro atoms. The van der Waals surface area contributed by atoms with Crippen molar-refractivity contribution in [3.8, 4) is 0 Å². The molecule has 0 bridgehead atoms. The van der Waals surface area contributed by atoms with Gasteiger partial charge in [0.05, 0.1) is 0 Å². The maximum Gasteiger partial charge on any atom is 0.0249 e. The fourth-order valence-electron chi connectivity index (χ4n) is 3.44. The number of nitrogens with zero attached hydrogens (tertiary/aromatic N) is 1. The van der Waals surface area contributed by atoms with Crippen molar-refractivity contribution in [1.29, 1.82) is 0 Å². The van der Waals surface area contributed by atoms with Gasteiger partial charge in [0.1, 0.15) is 0 Å². The molecule has 2 unspecified atom stereocenters. The first kappa shape index (κ1) is 12.2. The van der Waals surface area contributed by atoms with Gasteiger partial charge in [-0.05, 0) is 38.3 Å². The van der Waals surface area contributed by atoms with E-state index in [1.165, 1.54) is 49.9 Å². The molecule has 0 saturated carbocycles. The summed E-state index contributed by atoms with van der Waals surface area (Å²) in [5.41, 5.74) is 2.76. The highest BCUT2D eigenvalue weighted by atomic mass is 15.2. The van der Waals surface area contributed by atoms with Gasteiger partial charge >= 0.3 is 0 Å². The predicted octanol–water partition coefficient (Wildman–Crippen LogP) is 2.71. The van der Waals surface area contributed by atoms with Crippen LogP contribution in [0.1, 0.15) is 36.8 Å². The van der Waals surface area contributed by atoms with Crippen LogP contribution in [0.2, 0.25) is 0 Å². The molecule has 2 nitrogen and oxygen atoms in total. The Bertz CT molecular complexity index is 385. The standard InChI is InChI=1S/C16H24N2/c1-13-5-7-14(8-6-13)12-17-15-9-11-18-10-3-2-4-16(15)18/h5-8,15-17H,2-4,9-12H2,1H3. The lowest BCUT2D eigenvalue weighted by atomic mass is 9.99. The minimum atomic E-state index is 0.714. The summed E-state index contributed by atoms with van der Waals surface area (Å²) >= 11 is 0. The zero-order valence-electron chi connectivity index (χ0n) is 11.4. The zero-order chi connectivity index (χ0) is 12.4. The molecular formula is C16H24N2. The fraction of sp³-hybridized carbons (Fsp3) is 0.625. The molecule has 3 rings (SSSR count). The lowest BCUT2D eigenvalue weighted by molar-refractivity contribution is 0.180. The van der Waals surface area contributed by atoms with E-state index in [2.05, 4.69) is 41.4 Å². The summed E-state index contributed by atoms with van der Waals surface area (Å²) in [6.45, 7) is 5.80. The summed E-state index contributed by atoms with van der Waals surface area (Å²) < 4.78 is 0. The average molecular weight is 244 g/mol. The number of hydrogen-bond acceptors (Lipinski definition) is 2. The van der Waals surface area contributed by atoms with Crippen molar-refractivity contribution in [2.75, 3.05) is 13.1 Å². The molecule has 1 aromatic carbocycles. The third-order valence-electron chi connectivity index (χ3n) is 4.54. The lowest BCUT2D eigenvalue weighted by Gasteiger charge is -2.32.